The van der Waals surface area contributed by atoms with Gasteiger partial charge in [0, 0.05) is 31.8 Å². The minimum absolute atomic E-state index is 0.208. The van der Waals surface area contributed by atoms with Gasteiger partial charge in [-0.3, -0.25) is 4.79 Å². The molecule has 2 N–H and O–H groups in total. The van der Waals surface area contributed by atoms with Crippen molar-refractivity contribution >= 4 is 5.91 Å². The maximum Gasteiger partial charge on any atom is 0.287 e. The van der Waals surface area contributed by atoms with E-state index in [4.69, 9.17) is 9.15 Å². The molecule has 1 aromatic heterocycles. The van der Waals surface area contributed by atoms with Gasteiger partial charge in [0.05, 0.1) is 7.11 Å². The van der Waals surface area contributed by atoms with Gasteiger partial charge in [-0.2, -0.15) is 0 Å². The fraction of sp³-hybridized carbons (Fsp3) is 0.450. The van der Waals surface area contributed by atoms with E-state index in [9.17, 15) is 9.90 Å². The lowest BCUT2D eigenvalue weighted by molar-refractivity contribution is 0.0905. The maximum atomic E-state index is 12.3. The molecular weight excluding hydrogens is 332 g/mol. The van der Waals surface area contributed by atoms with Crippen molar-refractivity contribution in [3.63, 3.8) is 0 Å². The van der Waals surface area contributed by atoms with Gasteiger partial charge < -0.3 is 24.5 Å². The average Bonchev–Trinajstić information content (AvgIpc) is 3.18. The molecule has 1 aromatic carbocycles. The zero-order valence-corrected chi connectivity index (χ0v) is 15.1. The smallest absolute Gasteiger partial charge is 0.287 e. The summed E-state index contributed by atoms with van der Waals surface area (Å²) < 4.78 is 10.8. The molecule has 1 saturated heterocycles. The van der Waals surface area contributed by atoms with Gasteiger partial charge in [-0.15, -0.1) is 0 Å². The first-order valence-corrected chi connectivity index (χ1v) is 9.05. The van der Waals surface area contributed by atoms with Crippen LogP contribution in [0.25, 0.3) is 11.3 Å². The molecule has 2 heterocycles. The van der Waals surface area contributed by atoms with Gasteiger partial charge in [-0.25, -0.2) is 0 Å². The molecule has 0 radical (unpaired) electrons. The van der Waals surface area contributed by atoms with Crippen LogP contribution in [0.15, 0.2) is 40.8 Å². The number of furan rings is 1. The summed E-state index contributed by atoms with van der Waals surface area (Å²) in [6.07, 6.45) is 2.18. The van der Waals surface area contributed by atoms with Crippen molar-refractivity contribution in [2.24, 2.45) is 5.92 Å². The van der Waals surface area contributed by atoms with Crippen LogP contribution in [0.1, 0.15) is 23.4 Å². The SMILES string of the molecule is COc1ccc(-c2ccc(C(=O)NCCN3CCCC(CO)C3)o2)cc1. The second-order valence-corrected chi connectivity index (χ2v) is 6.64. The molecule has 6 nitrogen and oxygen atoms in total. The van der Waals surface area contributed by atoms with Crippen LogP contribution in [0, 0.1) is 5.92 Å². The fourth-order valence-corrected chi connectivity index (χ4v) is 3.29. The molecule has 0 bridgehead atoms. The van der Waals surface area contributed by atoms with Crippen molar-refractivity contribution in [2.45, 2.75) is 12.8 Å². The molecule has 6 heteroatoms. The number of nitrogens with zero attached hydrogens (tertiary/aromatic N) is 1. The summed E-state index contributed by atoms with van der Waals surface area (Å²) in [5.41, 5.74) is 0.896. The third kappa shape index (κ3) is 4.65. The van der Waals surface area contributed by atoms with Gasteiger partial charge >= 0.3 is 0 Å². The molecule has 1 amide bonds. The minimum Gasteiger partial charge on any atom is -0.497 e. The van der Waals surface area contributed by atoms with Crippen molar-refractivity contribution in [2.75, 3.05) is 39.9 Å². The van der Waals surface area contributed by atoms with Crippen LogP contribution >= 0.6 is 0 Å². The highest BCUT2D eigenvalue weighted by Gasteiger charge is 2.19. The monoisotopic (exact) mass is 358 g/mol. The second-order valence-electron chi connectivity index (χ2n) is 6.64. The molecule has 2 aromatic rings. The first-order chi connectivity index (χ1) is 12.7. The Balaban J connectivity index is 1.50. The maximum absolute atomic E-state index is 12.3. The largest absolute Gasteiger partial charge is 0.497 e. The van der Waals surface area contributed by atoms with Gasteiger partial charge in [0.15, 0.2) is 5.76 Å². The summed E-state index contributed by atoms with van der Waals surface area (Å²) in [5, 5.41) is 12.2. The molecule has 1 fully saturated rings. The number of ether oxygens (including phenoxy) is 1. The number of methoxy groups -OCH3 is 1. The lowest BCUT2D eigenvalue weighted by Crippen LogP contribution is -2.41. The Labute approximate surface area is 153 Å². The molecular formula is C20H26N2O4. The summed E-state index contributed by atoms with van der Waals surface area (Å²) in [5.74, 6) is 1.89. The van der Waals surface area contributed by atoms with Crippen LogP contribution in [-0.2, 0) is 0 Å². The van der Waals surface area contributed by atoms with Crippen LogP contribution in [0.4, 0.5) is 0 Å². The van der Waals surface area contributed by atoms with Crippen LogP contribution in [0.5, 0.6) is 5.75 Å². The minimum atomic E-state index is -0.208. The number of hydrogen-bond acceptors (Lipinski definition) is 5. The number of rotatable bonds is 7. The Kier molecular flexibility index (Phi) is 6.30. The third-order valence-electron chi connectivity index (χ3n) is 4.78. The first-order valence-electron chi connectivity index (χ1n) is 9.05. The highest BCUT2D eigenvalue weighted by Crippen LogP contribution is 2.24. The van der Waals surface area contributed by atoms with E-state index in [1.54, 1.807) is 19.2 Å². The lowest BCUT2D eigenvalue weighted by atomic mass is 9.99. The quantitative estimate of drug-likeness (QED) is 0.795. The average molecular weight is 358 g/mol. The molecule has 26 heavy (non-hydrogen) atoms. The lowest BCUT2D eigenvalue weighted by Gasteiger charge is -2.31. The molecule has 0 spiro atoms. The van der Waals surface area contributed by atoms with Crippen molar-refractivity contribution in [1.29, 1.82) is 0 Å². The molecule has 1 atom stereocenters. The number of carbonyl (C=O) groups is 1. The van der Waals surface area contributed by atoms with Gasteiger partial charge in [-0.1, -0.05) is 0 Å². The summed E-state index contributed by atoms with van der Waals surface area (Å²) in [4.78, 5) is 14.6. The highest BCUT2D eigenvalue weighted by molar-refractivity contribution is 5.92. The first kappa shape index (κ1) is 18.5. The normalized spacial score (nSPS) is 17.8. The van der Waals surface area contributed by atoms with Crippen LogP contribution < -0.4 is 10.1 Å². The Bertz CT molecular complexity index is 711. The number of nitrogens with one attached hydrogen (secondary N) is 1. The number of benzene rings is 1. The van der Waals surface area contributed by atoms with Crippen LogP contribution in [-0.4, -0.2) is 55.8 Å². The van der Waals surface area contributed by atoms with Crippen molar-refractivity contribution in [3.05, 3.63) is 42.2 Å². The van der Waals surface area contributed by atoms with Gasteiger partial charge in [0.1, 0.15) is 11.5 Å². The van der Waals surface area contributed by atoms with E-state index in [1.807, 2.05) is 24.3 Å². The molecule has 140 valence electrons. The standard InChI is InChI=1S/C20H26N2O4/c1-25-17-6-4-16(5-7-17)18-8-9-19(26-18)20(24)21-10-12-22-11-2-3-15(13-22)14-23/h4-9,15,23H,2-3,10-14H2,1H3,(H,21,24). The second kappa shape index (κ2) is 8.87. The molecule has 1 aliphatic heterocycles. The Morgan fingerprint density at radius 2 is 2.12 bits per heavy atom. The zero-order valence-electron chi connectivity index (χ0n) is 15.1. The Hall–Kier alpha value is -2.31. The highest BCUT2D eigenvalue weighted by atomic mass is 16.5. The van der Waals surface area contributed by atoms with Crippen molar-refractivity contribution in [3.8, 4) is 17.1 Å². The van der Waals surface area contributed by atoms with Gasteiger partial charge in [-0.05, 0) is 61.7 Å². The molecule has 1 unspecified atom stereocenters. The van der Waals surface area contributed by atoms with E-state index in [1.165, 1.54) is 0 Å². The number of carbonyl (C=O) groups excluding carboxylic acids is 1. The summed E-state index contributed by atoms with van der Waals surface area (Å²) >= 11 is 0. The zero-order chi connectivity index (χ0) is 18.4. The fourth-order valence-electron chi connectivity index (χ4n) is 3.29. The number of aliphatic hydroxyl groups excluding tert-OH is 1. The van der Waals surface area contributed by atoms with Crippen molar-refractivity contribution < 1.29 is 19.1 Å². The van der Waals surface area contributed by atoms with Gasteiger partial charge in [0.2, 0.25) is 0 Å². The van der Waals surface area contributed by atoms with E-state index in [0.717, 1.165) is 43.8 Å². The Morgan fingerprint density at radius 3 is 2.85 bits per heavy atom. The van der Waals surface area contributed by atoms with E-state index in [2.05, 4.69) is 10.2 Å². The summed E-state index contributed by atoms with van der Waals surface area (Å²) in [6.45, 7) is 3.51. The summed E-state index contributed by atoms with van der Waals surface area (Å²) in [6, 6.07) is 11.0. The van der Waals surface area contributed by atoms with Crippen molar-refractivity contribution in [1.82, 2.24) is 10.2 Å². The molecule has 0 saturated carbocycles. The van der Waals surface area contributed by atoms with E-state index in [0.29, 0.717) is 24.0 Å². The number of piperidine rings is 1. The van der Waals surface area contributed by atoms with E-state index < -0.39 is 0 Å². The van der Waals surface area contributed by atoms with E-state index >= 15 is 0 Å². The number of aliphatic hydroxyl groups is 1. The van der Waals surface area contributed by atoms with Crippen LogP contribution in [0.2, 0.25) is 0 Å². The molecule has 0 aliphatic carbocycles. The predicted octanol–water partition coefficient (Wildman–Crippen LogP) is 2.39. The topological polar surface area (TPSA) is 74.9 Å². The summed E-state index contributed by atoms with van der Waals surface area (Å²) in [7, 11) is 1.62. The molecule has 1 aliphatic rings. The number of hydrogen-bond donors (Lipinski definition) is 2. The van der Waals surface area contributed by atoms with Gasteiger partial charge in [0.25, 0.3) is 5.91 Å². The van der Waals surface area contributed by atoms with E-state index in [-0.39, 0.29) is 12.5 Å². The Morgan fingerprint density at radius 1 is 1.31 bits per heavy atom. The number of likely N-dealkylation sites (tertiary alicyclic amines) is 1. The molecule has 3 rings (SSSR count). The third-order valence-corrected chi connectivity index (χ3v) is 4.78. The predicted molar refractivity (Wildman–Crippen MR) is 99.3 cm³/mol. The van der Waals surface area contributed by atoms with Crippen LogP contribution in [0.3, 0.4) is 0 Å². The number of amides is 1.